The van der Waals surface area contributed by atoms with Gasteiger partial charge in [-0.1, -0.05) is 143 Å². The first-order chi connectivity index (χ1) is 17.3. The topological polar surface area (TPSA) is 38.3 Å². The van der Waals surface area contributed by atoms with Crippen LogP contribution in [0, 0.1) is 5.92 Å². The summed E-state index contributed by atoms with van der Waals surface area (Å²) in [5.74, 6) is 0.230. The second kappa shape index (κ2) is 29.7. The van der Waals surface area contributed by atoms with Crippen LogP contribution < -0.4 is 5.32 Å². The fraction of sp³-hybridized carbons (Fsp3) is 0.969. The fourth-order valence-corrected chi connectivity index (χ4v) is 4.87. The van der Waals surface area contributed by atoms with E-state index in [1.165, 1.54) is 135 Å². The van der Waals surface area contributed by atoms with E-state index >= 15 is 0 Å². The van der Waals surface area contributed by atoms with E-state index in [2.05, 4.69) is 26.1 Å². The van der Waals surface area contributed by atoms with Crippen LogP contribution in [0.3, 0.4) is 0 Å². The van der Waals surface area contributed by atoms with E-state index in [9.17, 15) is 4.79 Å². The molecular weight excluding hydrogens is 430 g/mol. The molecule has 3 nitrogen and oxygen atoms in total. The van der Waals surface area contributed by atoms with Crippen LogP contribution in [-0.4, -0.2) is 25.7 Å². The van der Waals surface area contributed by atoms with Gasteiger partial charge in [-0.15, -0.1) is 0 Å². The maximum absolute atomic E-state index is 12.8. The second-order valence-electron chi connectivity index (χ2n) is 10.9. The summed E-state index contributed by atoms with van der Waals surface area (Å²) in [6.07, 6.45) is 30.4. The number of carbonyl (C=O) groups is 1. The molecule has 0 aliphatic carbocycles. The van der Waals surface area contributed by atoms with Gasteiger partial charge in [0.25, 0.3) is 0 Å². The van der Waals surface area contributed by atoms with Crippen LogP contribution >= 0.6 is 0 Å². The van der Waals surface area contributed by atoms with Gasteiger partial charge in [0.15, 0.2) is 0 Å². The molecule has 0 bridgehead atoms. The van der Waals surface area contributed by atoms with Crippen LogP contribution in [0.15, 0.2) is 0 Å². The first-order valence-corrected chi connectivity index (χ1v) is 16.1. The minimum Gasteiger partial charge on any atom is -0.465 e. The summed E-state index contributed by atoms with van der Waals surface area (Å²) in [6, 6.07) is 0. The van der Waals surface area contributed by atoms with Crippen molar-refractivity contribution in [1.29, 1.82) is 0 Å². The van der Waals surface area contributed by atoms with Gasteiger partial charge in [-0.25, -0.2) is 0 Å². The molecule has 0 rings (SSSR count). The highest BCUT2D eigenvalue weighted by Crippen LogP contribution is 2.21. The third-order valence-corrected chi connectivity index (χ3v) is 7.34. The van der Waals surface area contributed by atoms with Gasteiger partial charge in [-0.2, -0.15) is 0 Å². The Labute approximate surface area is 221 Å². The highest BCUT2D eigenvalue weighted by Gasteiger charge is 2.19. The van der Waals surface area contributed by atoms with E-state index in [0.29, 0.717) is 6.61 Å². The van der Waals surface area contributed by atoms with E-state index in [1.54, 1.807) is 0 Å². The Morgan fingerprint density at radius 1 is 0.514 bits per heavy atom. The summed E-state index contributed by atoms with van der Waals surface area (Å²) in [6.45, 7) is 9.72. The van der Waals surface area contributed by atoms with E-state index in [-0.39, 0.29) is 11.9 Å². The van der Waals surface area contributed by atoms with Crippen LogP contribution in [0.5, 0.6) is 0 Å². The average Bonchev–Trinajstić information content (AvgIpc) is 2.86. The molecule has 0 fully saturated rings. The minimum absolute atomic E-state index is 0.0928. The Balaban J connectivity index is 3.93. The van der Waals surface area contributed by atoms with Crippen molar-refractivity contribution in [3.05, 3.63) is 0 Å². The van der Waals surface area contributed by atoms with Crippen LogP contribution in [0.25, 0.3) is 0 Å². The van der Waals surface area contributed by atoms with E-state index < -0.39 is 0 Å². The quantitative estimate of drug-likeness (QED) is 0.0828. The molecule has 1 N–H and O–H groups in total. The average molecular weight is 496 g/mol. The van der Waals surface area contributed by atoms with Crippen molar-refractivity contribution in [3.63, 3.8) is 0 Å². The standard InChI is InChI=1S/C32H65NO2/c1-4-7-10-13-15-16-18-22-27-31(26-21-17-14-11-8-5-2)32(34)35-30-25-20-19-24-29-33-28-23-12-9-6-3/h31,33H,4-30H2,1-3H3. The predicted molar refractivity (Wildman–Crippen MR) is 155 cm³/mol. The zero-order valence-corrected chi connectivity index (χ0v) is 24.5. The number of esters is 1. The Morgan fingerprint density at radius 2 is 0.886 bits per heavy atom. The number of ether oxygens (including phenoxy) is 1. The summed E-state index contributed by atoms with van der Waals surface area (Å²) in [7, 11) is 0. The van der Waals surface area contributed by atoms with Crippen molar-refractivity contribution in [2.24, 2.45) is 5.92 Å². The monoisotopic (exact) mass is 496 g/mol. The maximum Gasteiger partial charge on any atom is 0.308 e. The summed E-state index contributed by atoms with van der Waals surface area (Å²) in [4.78, 5) is 12.8. The Bertz CT molecular complexity index is 412. The van der Waals surface area contributed by atoms with Gasteiger partial charge in [-0.05, 0) is 45.2 Å². The minimum atomic E-state index is 0.0928. The second-order valence-corrected chi connectivity index (χ2v) is 10.9. The van der Waals surface area contributed by atoms with Crippen molar-refractivity contribution < 1.29 is 9.53 Å². The number of hydrogen-bond acceptors (Lipinski definition) is 3. The Kier molecular flexibility index (Phi) is 29.2. The van der Waals surface area contributed by atoms with Crippen LogP contribution in [0.2, 0.25) is 0 Å². The maximum atomic E-state index is 12.8. The zero-order chi connectivity index (χ0) is 25.7. The summed E-state index contributed by atoms with van der Waals surface area (Å²) < 4.78 is 5.75. The van der Waals surface area contributed by atoms with Gasteiger partial charge in [0.05, 0.1) is 12.5 Å². The molecule has 0 saturated heterocycles. The number of carbonyl (C=O) groups excluding carboxylic acids is 1. The van der Waals surface area contributed by atoms with Crippen molar-refractivity contribution in [2.45, 2.75) is 175 Å². The van der Waals surface area contributed by atoms with Crippen molar-refractivity contribution >= 4 is 5.97 Å². The number of hydrogen-bond donors (Lipinski definition) is 1. The van der Waals surface area contributed by atoms with Crippen LogP contribution in [0.1, 0.15) is 175 Å². The highest BCUT2D eigenvalue weighted by atomic mass is 16.5. The number of unbranched alkanes of at least 4 members (excludes halogenated alkanes) is 18. The first kappa shape index (κ1) is 34.4. The third kappa shape index (κ3) is 26.3. The molecule has 3 heteroatoms. The molecule has 0 aromatic carbocycles. The van der Waals surface area contributed by atoms with Crippen molar-refractivity contribution in [2.75, 3.05) is 19.7 Å². The van der Waals surface area contributed by atoms with E-state index in [0.717, 1.165) is 32.4 Å². The van der Waals surface area contributed by atoms with Gasteiger partial charge in [0.2, 0.25) is 0 Å². The molecule has 0 radical (unpaired) electrons. The summed E-state index contributed by atoms with van der Waals surface area (Å²) in [5.41, 5.74) is 0. The molecule has 1 atom stereocenters. The van der Waals surface area contributed by atoms with Crippen LogP contribution in [0.4, 0.5) is 0 Å². The number of rotatable bonds is 29. The molecule has 0 aliphatic heterocycles. The third-order valence-electron chi connectivity index (χ3n) is 7.34. The van der Waals surface area contributed by atoms with Gasteiger partial charge < -0.3 is 10.1 Å². The Hall–Kier alpha value is -0.570. The summed E-state index contributed by atoms with van der Waals surface area (Å²) in [5, 5.41) is 3.56. The molecule has 1 unspecified atom stereocenters. The summed E-state index contributed by atoms with van der Waals surface area (Å²) >= 11 is 0. The van der Waals surface area contributed by atoms with Gasteiger partial charge in [0.1, 0.15) is 0 Å². The van der Waals surface area contributed by atoms with Crippen LogP contribution in [-0.2, 0) is 9.53 Å². The van der Waals surface area contributed by atoms with Crippen molar-refractivity contribution in [3.8, 4) is 0 Å². The van der Waals surface area contributed by atoms with Gasteiger partial charge in [-0.3, -0.25) is 4.79 Å². The molecule has 0 heterocycles. The smallest absolute Gasteiger partial charge is 0.308 e. The molecule has 35 heavy (non-hydrogen) atoms. The first-order valence-electron chi connectivity index (χ1n) is 16.1. The predicted octanol–water partition coefficient (Wildman–Crippen LogP) is 10.2. The van der Waals surface area contributed by atoms with E-state index in [4.69, 9.17) is 4.74 Å². The molecular formula is C32H65NO2. The normalized spacial score (nSPS) is 12.2. The zero-order valence-electron chi connectivity index (χ0n) is 24.5. The molecule has 210 valence electrons. The molecule has 0 aromatic rings. The van der Waals surface area contributed by atoms with Crippen molar-refractivity contribution in [1.82, 2.24) is 5.32 Å². The lowest BCUT2D eigenvalue weighted by Gasteiger charge is -2.16. The van der Waals surface area contributed by atoms with E-state index in [1.807, 2.05) is 0 Å². The van der Waals surface area contributed by atoms with Gasteiger partial charge in [0, 0.05) is 0 Å². The Morgan fingerprint density at radius 3 is 1.37 bits per heavy atom. The fourth-order valence-electron chi connectivity index (χ4n) is 4.87. The molecule has 0 saturated carbocycles. The largest absolute Gasteiger partial charge is 0.465 e. The lowest BCUT2D eigenvalue weighted by atomic mass is 9.94. The van der Waals surface area contributed by atoms with Gasteiger partial charge >= 0.3 is 5.97 Å². The lowest BCUT2D eigenvalue weighted by molar-refractivity contribution is -0.149. The molecule has 0 spiro atoms. The molecule has 0 aliphatic rings. The molecule has 0 aromatic heterocycles. The lowest BCUT2D eigenvalue weighted by Crippen LogP contribution is -2.19. The SMILES string of the molecule is CCCCCCCCCCC(CCCCCCCC)C(=O)OCCCCCCNCCCCCC. The highest BCUT2D eigenvalue weighted by molar-refractivity contribution is 5.72. The molecule has 0 amide bonds. The number of nitrogens with one attached hydrogen (secondary N) is 1.